The van der Waals surface area contributed by atoms with E-state index in [9.17, 15) is 4.39 Å². The van der Waals surface area contributed by atoms with E-state index >= 15 is 0 Å². The third kappa shape index (κ3) is 1.59. The number of aryl methyl sites for hydroxylation is 1. The van der Waals surface area contributed by atoms with Gasteiger partial charge >= 0.3 is 0 Å². The number of aromatic amines is 1. The molecule has 0 saturated carbocycles. The van der Waals surface area contributed by atoms with Gasteiger partial charge in [0.2, 0.25) is 0 Å². The van der Waals surface area contributed by atoms with Gasteiger partial charge in [0.15, 0.2) is 5.95 Å². The van der Waals surface area contributed by atoms with Gasteiger partial charge in [0.1, 0.15) is 5.82 Å². The highest BCUT2D eigenvalue weighted by Crippen LogP contribution is 2.20. The van der Waals surface area contributed by atoms with E-state index in [1.165, 1.54) is 12.1 Å². The molecule has 2 rings (SSSR count). The molecular weight excluding hydrogens is 181 g/mol. The third-order valence-electron chi connectivity index (χ3n) is 1.95. The number of anilines is 1. The summed E-state index contributed by atoms with van der Waals surface area (Å²) in [7, 11) is 0. The second-order valence-electron chi connectivity index (χ2n) is 3.20. The fourth-order valence-corrected chi connectivity index (χ4v) is 1.38. The number of nitrogens with zero attached hydrogens (tertiary/aromatic N) is 1. The second-order valence-corrected chi connectivity index (χ2v) is 3.20. The summed E-state index contributed by atoms with van der Waals surface area (Å²) < 4.78 is 13.1. The van der Waals surface area contributed by atoms with Gasteiger partial charge in [-0.25, -0.2) is 9.37 Å². The minimum Gasteiger partial charge on any atom is -0.369 e. The number of imidazole rings is 1. The van der Waals surface area contributed by atoms with Gasteiger partial charge in [0.05, 0.1) is 11.9 Å². The van der Waals surface area contributed by atoms with Crippen molar-refractivity contribution in [1.29, 1.82) is 0 Å². The molecule has 2 aromatic rings. The number of hydrogen-bond donors (Lipinski definition) is 2. The normalized spacial score (nSPS) is 10.4. The summed E-state index contributed by atoms with van der Waals surface area (Å²) >= 11 is 0. The highest BCUT2D eigenvalue weighted by Gasteiger charge is 2.03. The molecule has 0 bridgehead atoms. The van der Waals surface area contributed by atoms with Crippen molar-refractivity contribution in [2.45, 2.75) is 6.92 Å². The Morgan fingerprint density at radius 1 is 1.36 bits per heavy atom. The van der Waals surface area contributed by atoms with Crippen LogP contribution >= 0.6 is 0 Å². The van der Waals surface area contributed by atoms with Gasteiger partial charge in [-0.1, -0.05) is 0 Å². The molecule has 0 amide bonds. The summed E-state index contributed by atoms with van der Waals surface area (Å²) in [4.78, 5) is 6.70. The number of rotatable bonds is 1. The lowest BCUT2D eigenvalue weighted by atomic mass is 10.1. The van der Waals surface area contributed by atoms with E-state index < -0.39 is 0 Å². The molecule has 1 aromatic heterocycles. The molecule has 0 fully saturated rings. The Hall–Kier alpha value is -1.84. The maximum Gasteiger partial charge on any atom is 0.197 e. The first kappa shape index (κ1) is 8.74. The number of nitrogen functional groups attached to an aromatic ring is 1. The third-order valence-corrected chi connectivity index (χ3v) is 1.95. The van der Waals surface area contributed by atoms with Crippen LogP contribution in [0.4, 0.5) is 10.3 Å². The molecule has 1 aromatic carbocycles. The zero-order valence-electron chi connectivity index (χ0n) is 7.71. The highest BCUT2D eigenvalue weighted by molar-refractivity contribution is 5.60. The zero-order valence-corrected chi connectivity index (χ0v) is 7.71. The average molecular weight is 191 g/mol. The summed E-state index contributed by atoms with van der Waals surface area (Å²) in [6, 6.07) is 4.79. The van der Waals surface area contributed by atoms with Crippen molar-refractivity contribution < 1.29 is 4.39 Å². The Morgan fingerprint density at radius 2 is 2.14 bits per heavy atom. The molecule has 0 unspecified atom stereocenters. The van der Waals surface area contributed by atoms with E-state index in [2.05, 4.69) is 9.97 Å². The second kappa shape index (κ2) is 3.14. The fourth-order valence-electron chi connectivity index (χ4n) is 1.38. The molecule has 3 nitrogen and oxygen atoms in total. The van der Waals surface area contributed by atoms with Crippen molar-refractivity contribution in [1.82, 2.24) is 9.97 Å². The molecule has 0 aliphatic heterocycles. The molecule has 0 aliphatic carbocycles. The summed E-state index contributed by atoms with van der Waals surface area (Å²) in [5.74, 6) is 0.0788. The number of H-pyrrole nitrogens is 1. The molecule has 0 aliphatic rings. The first-order valence-corrected chi connectivity index (χ1v) is 4.23. The largest absolute Gasteiger partial charge is 0.369 e. The number of nitrogens with two attached hydrogens (primary N) is 1. The molecule has 0 saturated heterocycles. The topological polar surface area (TPSA) is 54.7 Å². The van der Waals surface area contributed by atoms with Crippen LogP contribution in [0.2, 0.25) is 0 Å². The van der Waals surface area contributed by atoms with Crippen LogP contribution < -0.4 is 5.73 Å². The standard InChI is InChI=1S/C10H10FN3/c1-6-2-7(4-8(11)3-6)9-5-13-10(12)14-9/h2-5H,1H3,(H3,12,13,14). The monoisotopic (exact) mass is 191 g/mol. The molecule has 0 atom stereocenters. The number of aromatic nitrogens is 2. The van der Waals surface area contributed by atoms with Crippen LogP contribution in [0.15, 0.2) is 24.4 Å². The van der Waals surface area contributed by atoms with Crippen molar-refractivity contribution in [2.24, 2.45) is 0 Å². The van der Waals surface area contributed by atoms with E-state index in [4.69, 9.17) is 5.73 Å². The van der Waals surface area contributed by atoms with Crippen molar-refractivity contribution >= 4 is 5.95 Å². The first-order chi connectivity index (χ1) is 6.65. The van der Waals surface area contributed by atoms with Crippen molar-refractivity contribution in [3.05, 3.63) is 35.8 Å². The van der Waals surface area contributed by atoms with E-state index in [0.29, 0.717) is 5.95 Å². The van der Waals surface area contributed by atoms with Crippen LogP contribution in [-0.2, 0) is 0 Å². The number of hydrogen-bond acceptors (Lipinski definition) is 2. The Labute approximate surface area is 80.8 Å². The molecule has 72 valence electrons. The molecule has 0 radical (unpaired) electrons. The van der Waals surface area contributed by atoms with Crippen LogP contribution in [0.3, 0.4) is 0 Å². The van der Waals surface area contributed by atoms with Gasteiger partial charge < -0.3 is 10.7 Å². The Balaban J connectivity index is 2.51. The minimum absolute atomic E-state index is 0.256. The Morgan fingerprint density at radius 3 is 2.71 bits per heavy atom. The minimum atomic E-state index is -0.256. The van der Waals surface area contributed by atoms with Crippen molar-refractivity contribution in [3.63, 3.8) is 0 Å². The molecule has 0 spiro atoms. The van der Waals surface area contributed by atoms with Crippen LogP contribution in [0.25, 0.3) is 11.3 Å². The Kier molecular flexibility index (Phi) is 1.96. The predicted octanol–water partition coefficient (Wildman–Crippen LogP) is 2.11. The molecule has 14 heavy (non-hydrogen) atoms. The zero-order chi connectivity index (χ0) is 10.1. The number of benzene rings is 1. The maximum absolute atomic E-state index is 13.1. The summed E-state index contributed by atoms with van der Waals surface area (Å²) in [5.41, 5.74) is 7.78. The summed E-state index contributed by atoms with van der Waals surface area (Å²) in [5, 5.41) is 0. The lowest BCUT2D eigenvalue weighted by Gasteiger charge is -1.99. The molecule has 4 heteroatoms. The van der Waals surface area contributed by atoms with Crippen molar-refractivity contribution in [2.75, 3.05) is 5.73 Å². The van der Waals surface area contributed by atoms with E-state index in [-0.39, 0.29) is 5.82 Å². The first-order valence-electron chi connectivity index (χ1n) is 4.23. The number of halogens is 1. The Bertz CT molecular complexity index is 442. The smallest absolute Gasteiger partial charge is 0.197 e. The molecule has 1 heterocycles. The van der Waals surface area contributed by atoms with Crippen LogP contribution in [0, 0.1) is 12.7 Å². The SMILES string of the molecule is Cc1cc(F)cc(-c2cnc(N)[nH]2)c1. The fraction of sp³-hybridized carbons (Fsp3) is 0.100. The van der Waals surface area contributed by atoms with E-state index in [1.807, 2.05) is 13.0 Å². The molecular formula is C10H10FN3. The number of nitrogens with one attached hydrogen (secondary N) is 1. The maximum atomic E-state index is 13.1. The average Bonchev–Trinajstić information content (AvgIpc) is 2.50. The van der Waals surface area contributed by atoms with E-state index in [0.717, 1.165) is 16.8 Å². The van der Waals surface area contributed by atoms with Gasteiger partial charge in [0, 0.05) is 5.56 Å². The van der Waals surface area contributed by atoms with Gasteiger partial charge in [0.25, 0.3) is 0 Å². The van der Waals surface area contributed by atoms with Crippen LogP contribution in [0.5, 0.6) is 0 Å². The highest BCUT2D eigenvalue weighted by atomic mass is 19.1. The predicted molar refractivity (Wildman–Crippen MR) is 53.1 cm³/mol. The van der Waals surface area contributed by atoms with Gasteiger partial charge in [-0.3, -0.25) is 0 Å². The molecule has 3 N–H and O–H groups in total. The van der Waals surface area contributed by atoms with E-state index in [1.54, 1.807) is 6.20 Å². The van der Waals surface area contributed by atoms with Gasteiger partial charge in [-0.2, -0.15) is 0 Å². The quantitative estimate of drug-likeness (QED) is 0.725. The summed E-state index contributed by atoms with van der Waals surface area (Å²) in [6.07, 6.45) is 1.59. The van der Waals surface area contributed by atoms with Gasteiger partial charge in [-0.05, 0) is 30.7 Å². The lowest BCUT2D eigenvalue weighted by molar-refractivity contribution is 0.627. The van der Waals surface area contributed by atoms with Crippen molar-refractivity contribution in [3.8, 4) is 11.3 Å². The summed E-state index contributed by atoms with van der Waals surface area (Å²) in [6.45, 7) is 1.84. The van der Waals surface area contributed by atoms with Crippen LogP contribution in [0.1, 0.15) is 5.56 Å². The van der Waals surface area contributed by atoms with Gasteiger partial charge in [-0.15, -0.1) is 0 Å². The lowest BCUT2D eigenvalue weighted by Crippen LogP contribution is -1.86. The van der Waals surface area contributed by atoms with Crippen LogP contribution in [-0.4, -0.2) is 9.97 Å².